The number of ether oxygens (including phenoxy) is 1. The summed E-state index contributed by atoms with van der Waals surface area (Å²) in [5.74, 6) is -0.149. The summed E-state index contributed by atoms with van der Waals surface area (Å²) >= 11 is 2.10. The van der Waals surface area contributed by atoms with Crippen LogP contribution in [0.25, 0.3) is 0 Å². The lowest BCUT2D eigenvalue weighted by Crippen LogP contribution is -2.35. The van der Waals surface area contributed by atoms with Crippen LogP contribution in [0.15, 0.2) is 0 Å². The van der Waals surface area contributed by atoms with Crippen molar-refractivity contribution < 1.29 is 9.53 Å². The molecule has 5 heteroatoms. The summed E-state index contributed by atoms with van der Waals surface area (Å²) in [6.07, 6.45) is 2.66. The third kappa shape index (κ3) is 5.12. The number of rotatable bonds is 6. The van der Waals surface area contributed by atoms with Gasteiger partial charge in [-0.3, -0.25) is 4.79 Å². The molecule has 1 rings (SSSR count). The number of alkyl halides is 1. The third-order valence-electron chi connectivity index (χ3n) is 2.58. The second-order valence-electron chi connectivity index (χ2n) is 3.74. The average molecular weight is 326 g/mol. The summed E-state index contributed by atoms with van der Waals surface area (Å²) in [4.78, 5) is 13.5. The SMILES string of the molecule is COC(=O)C(I)CNCCN1CCCC1. The molecule has 88 valence electrons. The third-order valence-corrected chi connectivity index (χ3v) is 3.53. The number of nitrogens with one attached hydrogen (secondary N) is 1. The van der Waals surface area contributed by atoms with Gasteiger partial charge in [-0.05, 0) is 25.9 Å². The molecular formula is C10H19IN2O2. The second-order valence-corrected chi connectivity index (χ2v) is 5.25. The lowest BCUT2D eigenvalue weighted by Gasteiger charge is -2.15. The first-order chi connectivity index (χ1) is 7.24. The van der Waals surface area contributed by atoms with Gasteiger partial charge in [-0.2, -0.15) is 0 Å². The van der Waals surface area contributed by atoms with Crippen LogP contribution in [0.5, 0.6) is 0 Å². The van der Waals surface area contributed by atoms with Gasteiger partial charge < -0.3 is 15.0 Å². The first-order valence-electron chi connectivity index (χ1n) is 5.39. The van der Waals surface area contributed by atoms with Crippen molar-refractivity contribution in [1.29, 1.82) is 0 Å². The highest BCUT2D eigenvalue weighted by Gasteiger charge is 2.14. The Morgan fingerprint density at radius 3 is 2.80 bits per heavy atom. The monoisotopic (exact) mass is 326 g/mol. The Balaban J connectivity index is 1.98. The zero-order chi connectivity index (χ0) is 11.1. The minimum atomic E-state index is -0.149. The number of esters is 1. The molecule has 1 N–H and O–H groups in total. The van der Waals surface area contributed by atoms with E-state index in [4.69, 9.17) is 0 Å². The molecule has 0 radical (unpaired) electrons. The van der Waals surface area contributed by atoms with E-state index in [9.17, 15) is 4.79 Å². The fourth-order valence-corrected chi connectivity index (χ4v) is 2.25. The van der Waals surface area contributed by atoms with Gasteiger partial charge in [-0.15, -0.1) is 0 Å². The zero-order valence-corrected chi connectivity index (χ0v) is 11.3. The number of carbonyl (C=O) groups excluding carboxylic acids is 1. The fraction of sp³-hybridized carbons (Fsp3) is 0.900. The maximum atomic E-state index is 11.1. The fourth-order valence-electron chi connectivity index (χ4n) is 1.68. The number of nitrogens with zero attached hydrogens (tertiary/aromatic N) is 1. The van der Waals surface area contributed by atoms with Gasteiger partial charge >= 0.3 is 5.97 Å². The first kappa shape index (κ1) is 13.2. The van der Waals surface area contributed by atoms with Gasteiger partial charge in [0.05, 0.1) is 7.11 Å². The molecule has 1 saturated heterocycles. The first-order valence-corrected chi connectivity index (χ1v) is 6.63. The molecule has 0 aromatic heterocycles. The topological polar surface area (TPSA) is 41.6 Å². The van der Waals surface area contributed by atoms with E-state index in [1.165, 1.54) is 33.0 Å². The number of halogens is 1. The Kier molecular flexibility index (Phi) is 6.51. The highest BCUT2D eigenvalue weighted by Crippen LogP contribution is 2.05. The van der Waals surface area contributed by atoms with Gasteiger partial charge in [0.15, 0.2) is 0 Å². The van der Waals surface area contributed by atoms with Gasteiger partial charge in [0, 0.05) is 19.6 Å². The van der Waals surface area contributed by atoms with E-state index in [1.54, 1.807) is 0 Å². The second kappa shape index (κ2) is 7.40. The molecular weight excluding hydrogens is 307 g/mol. The van der Waals surface area contributed by atoms with Crippen LogP contribution in [-0.4, -0.2) is 54.6 Å². The van der Waals surface area contributed by atoms with Gasteiger partial charge in [0.1, 0.15) is 3.92 Å². The standard InChI is InChI=1S/C10H19IN2O2/c1-15-10(14)9(11)8-12-4-7-13-5-2-3-6-13/h9,12H,2-8H2,1H3. The Morgan fingerprint density at radius 2 is 2.20 bits per heavy atom. The van der Waals surface area contributed by atoms with Crippen molar-refractivity contribution in [2.24, 2.45) is 0 Å². The molecule has 15 heavy (non-hydrogen) atoms. The van der Waals surface area contributed by atoms with Crippen LogP contribution in [0.3, 0.4) is 0 Å². The van der Waals surface area contributed by atoms with E-state index in [1.807, 2.05) is 0 Å². The van der Waals surface area contributed by atoms with E-state index < -0.39 is 0 Å². The van der Waals surface area contributed by atoms with E-state index in [2.05, 4.69) is 37.5 Å². The predicted octanol–water partition coefficient (Wildman–Crippen LogP) is 0.648. The molecule has 1 aliphatic rings. The molecule has 1 unspecified atom stereocenters. The van der Waals surface area contributed by atoms with E-state index in [0.717, 1.165) is 13.1 Å². The predicted molar refractivity (Wildman–Crippen MR) is 68.4 cm³/mol. The Hall–Kier alpha value is 0.120. The van der Waals surface area contributed by atoms with Crippen LogP contribution in [0.4, 0.5) is 0 Å². The molecule has 4 nitrogen and oxygen atoms in total. The summed E-state index contributed by atoms with van der Waals surface area (Å²) < 4.78 is 4.57. The summed E-state index contributed by atoms with van der Waals surface area (Å²) in [6.45, 7) is 5.20. The van der Waals surface area contributed by atoms with Crippen molar-refractivity contribution in [3.8, 4) is 0 Å². The van der Waals surface area contributed by atoms with Crippen LogP contribution in [-0.2, 0) is 9.53 Å². The Labute approximate surface area is 105 Å². The number of hydrogen-bond acceptors (Lipinski definition) is 4. The highest BCUT2D eigenvalue weighted by molar-refractivity contribution is 14.1. The summed E-state index contributed by atoms with van der Waals surface area (Å²) in [6, 6.07) is 0. The molecule has 0 aliphatic carbocycles. The van der Waals surface area contributed by atoms with Crippen molar-refractivity contribution in [3.63, 3.8) is 0 Å². The Bertz CT molecular complexity index is 196. The van der Waals surface area contributed by atoms with E-state index >= 15 is 0 Å². The molecule has 1 aliphatic heterocycles. The highest BCUT2D eigenvalue weighted by atomic mass is 127. The van der Waals surface area contributed by atoms with Gasteiger partial charge in [0.25, 0.3) is 0 Å². The largest absolute Gasteiger partial charge is 0.468 e. The molecule has 0 bridgehead atoms. The number of carbonyl (C=O) groups is 1. The normalized spacial score (nSPS) is 19.1. The molecule has 1 fully saturated rings. The maximum absolute atomic E-state index is 11.1. The maximum Gasteiger partial charge on any atom is 0.319 e. The average Bonchev–Trinajstić information content (AvgIpc) is 2.75. The number of hydrogen-bond donors (Lipinski definition) is 1. The lowest BCUT2D eigenvalue weighted by molar-refractivity contribution is -0.139. The summed E-state index contributed by atoms with van der Waals surface area (Å²) in [5.41, 5.74) is 0. The van der Waals surface area contributed by atoms with Crippen molar-refractivity contribution >= 4 is 28.6 Å². The van der Waals surface area contributed by atoms with Crippen molar-refractivity contribution in [2.45, 2.75) is 16.8 Å². The molecule has 0 aromatic rings. The van der Waals surface area contributed by atoms with Crippen LogP contribution in [0.1, 0.15) is 12.8 Å². The quantitative estimate of drug-likeness (QED) is 0.337. The van der Waals surface area contributed by atoms with Crippen molar-refractivity contribution in [2.75, 3.05) is 39.8 Å². The smallest absolute Gasteiger partial charge is 0.319 e. The van der Waals surface area contributed by atoms with E-state index in [0.29, 0.717) is 6.54 Å². The number of methoxy groups -OCH3 is 1. The van der Waals surface area contributed by atoms with Crippen LogP contribution < -0.4 is 5.32 Å². The minimum absolute atomic E-state index is 0.0776. The van der Waals surface area contributed by atoms with Gasteiger partial charge in [-0.25, -0.2) is 0 Å². The molecule has 0 aromatic carbocycles. The Morgan fingerprint density at radius 1 is 1.53 bits per heavy atom. The summed E-state index contributed by atoms with van der Waals surface area (Å²) in [5, 5.41) is 3.28. The van der Waals surface area contributed by atoms with E-state index in [-0.39, 0.29) is 9.89 Å². The molecule has 1 atom stereocenters. The molecule has 0 saturated carbocycles. The van der Waals surface area contributed by atoms with Crippen molar-refractivity contribution in [1.82, 2.24) is 10.2 Å². The minimum Gasteiger partial charge on any atom is -0.468 e. The van der Waals surface area contributed by atoms with Crippen molar-refractivity contribution in [3.05, 3.63) is 0 Å². The van der Waals surface area contributed by atoms with Crippen LogP contribution in [0.2, 0.25) is 0 Å². The summed E-state index contributed by atoms with van der Waals surface area (Å²) in [7, 11) is 1.43. The molecule has 1 heterocycles. The van der Waals surface area contributed by atoms with Gasteiger partial charge in [0.2, 0.25) is 0 Å². The molecule has 0 amide bonds. The van der Waals surface area contributed by atoms with Gasteiger partial charge in [-0.1, -0.05) is 22.6 Å². The van der Waals surface area contributed by atoms with Crippen LogP contribution >= 0.6 is 22.6 Å². The van der Waals surface area contributed by atoms with Crippen LogP contribution in [0, 0.1) is 0 Å². The molecule has 0 spiro atoms. The zero-order valence-electron chi connectivity index (χ0n) is 9.17. The number of likely N-dealkylation sites (tertiary alicyclic amines) is 1. The lowest BCUT2D eigenvalue weighted by atomic mass is 10.4.